The van der Waals surface area contributed by atoms with Crippen molar-refractivity contribution in [3.63, 3.8) is 0 Å². The largest absolute Gasteiger partial charge is 0.434 e. The van der Waals surface area contributed by atoms with E-state index in [2.05, 4.69) is 15.7 Å². The first-order chi connectivity index (χ1) is 14.2. The van der Waals surface area contributed by atoms with E-state index in [-0.39, 0.29) is 5.69 Å². The standard InChI is InChI=1S/C20H16ClF3N4O2/c1-12-4-2-3-5-16(12)28-18(20(22,23)24)15(10-26-28)19(30)25-11-17(29)27-14-8-6-13(21)7-9-14/h2-10H,11H2,1H3,(H,25,30)(H,27,29). The molecule has 0 fully saturated rings. The second-order valence-corrected chi connectivity index (χ2v) is 6.78. The van der Waals surface area contributed by atoms with Crippen molar-refractivity contribution in [3.05, 3.63) is 76.6 Å². The van der Waals surface area contributed by atoms with E-state index in [1.54, 1.807) is 49.4 Å². The molecule has 0 spiro atoms. The highest BCUT2D eigenvalue weighted by Gasteiger charge is 2.40. The minimum atomic E-state index is -4.84. The Labute approximate surface area is 174 Å². The predicted molar refractivity (Wildman–Crippen MR) is 106 cm³/mol. The lowest BCUT2D eigenvalue weighted by Crippen LogP contribution is -2.34. The number of hydrogen-bond acceptors (Lipinski definition) is 3. The molecule has 0 aliphatic carbocycles. The zero-order valence-corrected chi connectivity index (χ0v) is 16.4. The van der Waals surface area contributed by atoms with Gasteiger partial charge in [0.1, 0.15) is 0 Å². The van der Waals surface area contributed by atoms with E-state index in [0.29, 0.717) is 21.0 Å². The van der Waals surface area contributed by atoms with Crippen LogP contribution in [-0.4, -0.2) is 28.1 Å². The SMILES string of the molecule is Cc1ccccc1-n1ncc(C(=O)NCC(=O)Nc2ccc(Cl)cc2)c1C(F)(F)F. The summed E-state index contributed by atoms with van der Waals surface area (Å²) in [5.74, 6) is -1.67. The number of rotatable bonds is 5. The van der Waals surface area contributed by atoms with Crippen LogP contribution in [0.3, 0.4) is 0 Å². The van der Waals surface area contributed by atoms with Gasteiger partial charge in [-0.1, -0.05) is 29.8 Å². The maximum Gasteiger partial charge on any atom is 0.434 e. The summed E-state index contributed by atoms with van der Waals surface area (Å²) in [6.45, 7) is 1.12. The number of nitrogens with one attached hydrogen (secondary N) is 2. The summed E-state index contributed by atoms with van der Waals surface area (Å²) < 4.78 is 41.8. The highest BCUT2D eigenvalue weighted by atomic mass is 35.5. The lowest BCUT2D eigenvalue weighted by atomic mass is 10.1. The van der Waals surface area contributed by atoms with Crippen LogP contribution in [0.1, 0.15) is 21.6 Å². The van der Waals surface area contributed by atoms with Crippen LogP contribution in [0.15, 0.2) is 54.7 Å². The first kappa shape index (κ1) is 21.4. The van der Waals surface area contributed by atoms with Gasteiger partial charge in [-0.2, -0.15) is 18.3 Å². The van der Waals surface area contributed by atoms with Crippen molar-refractivity contribution in [3.8, 4) is 5.69 Å². The van der Waals surface area contributed by atoms with Crippen molar-refractivity contribution in [2.24, 2.45) is 0 Å². The number of para-hydroxylation sites is 1. The number of amides is 2. The Hall–Kier alpha value is -3.33. The van der Waals surface area contributed by atoms with Gasteiger partial charge in [0.15, 0.2) is 5.69 Å². The molecule has 6 nitrogen and oxygen atoms in total. The fourth-order valence-corrected chi connectivity index (χ4v) is 2.89. The van der Waals surface area contributed by atoms with Crippen LogP contribution in [-0.2, 0) is 11.0 Å². The van der Waals surface area contributed by atoms with Gasteiger partial charge in [0, 0.05) is 10.7 Å². The molecule has 30 heavy (non-hydrogen) atoms. The highest BCUT2D eigenvalue weighted by Crippen LogP contribution is 2.34. The Kier molecular flexibility index (Phi) is 6.12. The number of aromatic nitrogens is 2. The molecule has 2 N–H and O–H groups in total. The van der Waals surface area contributed by atoms with E-state index >= 15 is 0 Å². The van der Waals surface area contributed by atoms with Gasteiger partial charge in [-0.3, -0.25) is 9.59 Å². The molecule has 0 aliphatic rings. The molecule has 0 unspecified atom stereocenters. The Bertz CT molecular complexity index is 1080. The lowest BCUT2D eigenvalue weighted by molar-refractivity contribution is -0.143. The molecular weight excluding hydrogens is 421 g/mol. The molecule has 2 aromatic carbocycles. The average molecular weight is 437 g/mol. The summed E-state index contributed by atoms with van der Waals surface area (Å²) in [6, 6.07) is 12.6. The number of alkyl halides is 3. The topological polar surface area (TPSA) is 76.0 Å². The van der Waals surface area contributed by atoms with Gasteiger partial charge in [-0.15, -0.1) is 0 Å². The third-order valence-electron chi connectivity index (χ3n) is 4.16. The number of halogens is 4. The van der Waals surface area contributed by atoms with Crippen LogP contribution in [0.4, 0.5) is 18.9 Å². The van der Waals surface area contributed by atoms with Crippen LogP contribution >= 0.6 is 11.6 Å². The minimum Gasteiger partial charge on any atom is -0.343 e. The molecular formula is C20H16ClF3N4O2. The molecule has 3 aromatic rings. The van der Waals surface area contributed by atoms with Crippen molar-refractivity contribution in [1.82, 2.24) is 15.1 Å². The second kappa shape index (κ2) is 8.58. The number of carbonyl (C=O) groups excluding carboxylic acids is 2. The Morgan fingerprint density at radius 3 is 2.40 bits per heavy atom. The van der Waals surface area contributed by atoms with Crippen LogP contribution in [0.5, 0.6) is 0 Å². The number of nitrogens with zero attached hydrogens (tertiary/aromatic N) is 2. The number of hydrogen-bond donors (Lipinski definition) is 2. The van der Waals surface area contributed by atoms with E-state index < -0.39 is 35.8 Å². The Balaban J connectivity index is 1.78. The second-order valence-electron chi connectivity index (χ2n) is 6.34. The molecule has 0 radical (unpaired) electrons. The molecule has 2 amide bonds. The Morgan fingerprint density at radius 2 is 1.77 bits per heavy atom. The molecule has 1 aromatic heterocycles. The van der Waals surface area contributed by atoms with Gasteiger partial charge in [0.05, 0.1) is 24.0 Å². The summed E-state index contributed by atoms with van der Waals surface area (Å²) in [7, 11) is 0. The Morgan fingerprint density at radius 1 is 1.10 bits per heavy atom. The van der Waals surface area contributed by atoms with Gasteiger partial charge in [-0.05, 0) is 42.8 Å². The van der Waals surface area contributed by atoms with Gasteiger partial charge in [0.25, 0.3) is 5.91 Å². The van der Waals surface area contributed by atoms with Crippen molar-refractivity contribution < 1.29 is 22.8 Å². The monoisotopic (exact) mass is 436 g/mol. The molecule has 10 heteroatoms. The molecule has 0 atom stereocenters. The van der Waals surface area contributed by atoms with Crippen LogP contribution in [0.2, 0.25) is 5.02 Å². The van der Waals surface area contributed by atoms with Gasteiger partial charge < -0.3 is 10.6 Å². The zero-order chi connectivity index (χ0) is 21.9. The van der Waals surface area contributed by atoms with Crippen molar-refractivity contribution in [2.75, 3.05) is 11.9 Å². The number of anilines is 1. The third kappa shape index (κ3) is 4.80. The average Bonchev–Trinajstić information content (AvgIpc) is 3.14. The summed E-state index contributed by atoms with van der Waals surface area (Å²) >= 11 is 5.76. The van der Waals surface area contributed by atoms with Gasteiger partial charge in [0.2, 0.25) is 5.91 Å². The van der Waals surface area contributed by atoms with Gasteiger partial charge in [-0.25, -0.2) is 4.68 Å². The molecule has 156 valence electrons. The summed E-state index contributed by atoms with van der Waals surface area (Å²) in [5, 5.41) is 8.93. The fraction of sp³-hybridized carbons (Fsp3) is 0.150. The van der Waals surface area contributed by atoms with Crippen molar-refractivity contribution in [2.45, 2.75) is 13.1 Å². The maximum atomic E-state index is 13.7. The van der Waals surface area contributed by atoms with Crippen LogP contribution in [0, 0.1) is 6.92 Å². The first-order valence-corrected chi connectivity index (χ1v) is 9.09. The zero-order valence-electron chi connectivity index (χ0n) is 15.6. The van der Waals surface area contributed by atoms with Crippen LogP contribution < -0.4 is 10.6 Å². The quantitative estimate of drug-likeness (QED) is 0.628. The maximum absolute atomic E-state index is 13.7. The molecule has 3 rings (SSSR count). The van der Waals surface area contributed by atoms with Crippen LogP contribution in [0.25, 0.3) is 5.69 Å². The molecule has 1 heterocycles. The smallest absolute Gasteiger partial charge is 0.343 e. The highest BCUT2D eigenvalue weighted by molar-refractivity contribution is 6.30. The lowest BCUT2D eigenvalue weighted by Gasteiger charge is -2.14. The minimum absolute atomic E-state index is 0.198. The first-order valence-electron chi connectivity index (χ1n) is 8.71. The molecule has 0 aliphatic heterocycles. The van der Waals surface area contributed by atoms with E-state index in [0.717, 1.165) is 6.20 Å². The fourth-order valence-electron chi connectivity index (χ4n) is 2.77. The van der Waals surface area contributed by atoms with Crippen molar-refractivity contribution in [1.29, 1.82) is 0 Å². The van der Waals surface area contributed by atoms with E-state index in [1.165, 1.54) is 6.07 Å². The van der Waals surface area contributed by atoms with E-state index in [9.17, 15) is 22.8 Å². The normalized spacial score (nSPS) is 11.2. The van der Waals surface area contributed by atoms with E-state index in [4.69, 9.17) is 11.6 Å². The number of carbonyl (C=O) groups is 2. The number of aryl methyl sites for hydroxylation is 1. The predicted octanol–water partition coefficient (Wildman–Crippen LogP) is 4.22. The molecule has 0 bridgehead atoms. The van der Waals surface area contributed by atoms with Crippen molar-refractivity contribution >= 4 is 29.1 Å². The molecule has 0 saturated carbocycles. The third-order valence-corrected chi connectivity index (χ3v) is 4.42. The summed E-state index contributed by atoms with van der Waals surface area (Å²) in [6.07, 6.45) is -4.00. The molecule has 0 saturated heterocycles. The van der Waals surface area contributed by atoms with E-state index in [1.807, 2.05) is 0 Å². The van der Waals surface area contributed by atoms with Gasteiger partial charge >= 0.3 is 6.18 Å². The summed E-state index contributed by atoms with van der Waals surface area (Å²) in [4.78, 5) is 24.4. The summed E-state index contributed by atoms with van der Waals surface area (Å²) in [5.41, 5.74) is -0.704. The number of benzene rings is 2.